The molecule has 1 aliphatic rings. The van der Waals surface area contributed by atoms with Crippen molar-refractivity contribution in [3.8, 4) is 0 Å². The molecule has 100 valence electrons. The van der Waals surface area contributed by atoms with Gasteiger partial charge in [-0.1, -0.05) is 6.07 Å². The summed E-state index contributed by atoms with van der Waals surface area (Å²) in [7, 11) is 0. The lowest BCUT2D eigenvalue weighted by atomic mass is 10.2. The second-order valence-corrected chi connectivity index (χ2v) is 4.91. The largest absolute Gasteiger partial charge is 0.469 e. The summed E-state index contributed by atoms with van der Waals surface area (Å²) in [4.78, 5) is 12.2. The third-order valence-corrected chi connectivity index (χ3v) is 3.58. The Bertz CT molecular complexity index is 762. The van der Waals surface area contributed by atoms with Crippen LogP contribution < -0.4 is 5.32 Å². The first-order chi connectivity index (χ1) is 9.83. The lowest BCUT2D eigenvalue weighted by molar-refractivity contribution is -0.117. The van der Waals surface area contributed by atoms with Crippen molar-refractivity contribution in [2.45, 2.75) is 12.3 Å². The van der Waals surface area contributed by atoms with Crippen LogP contribution in [0, 0.1) is 5.92 Å². The second-order valence-electron chi connectivity index (χ2n) is 4.91. The van der Waals surface area contributed by atoms with Gasteiger partial charge in [-0.15, -0.1) is 10.2 Å². The maximum Gasteiger partial charge on any atom is 0.235 e. The van der Waals surface area contributed by atoms with E-state index < -0.39 is 0 Å². The number of aromatic nitrogens is 3. The Balaban J connectivity index is 1.51. The predicted octanol–water partition coefficient (Wildman–Crippen LogP) is 2.06. The van der Waals surface area contributed by atoms with Gasteiger partial charge in [-0.25, -0.2) is 0 Å². The number of hydrogen-bond acceptors (Lipinski definition) is 4. The molecule has 1 N–H and O–H groups in total. The Morgan fingerprint density at radius 2 is 2.25 bits per heavy atom. The molecule has 2 unspecified atom stereocenters. The minimum atomic E-state index is -0.0442. The normalized spacial score (nSPS) is 21.0. The number of rotatable bonds is 3. The van der Waals surface area contributed by atoms with E-state index in [0.29, 0.717) is 11.6 Å². The first-order valence-corrected chi connectivity index (χ1v) is 6.47. The van der Waals surface area contributed by atoms with Crippen LogP contribution in [0.2, 0.25) is 0 Å². The van der Waals surface area contributed by atoms with Crippen LogP contribution >= 0.6 is 0 Å². The minimum Gasteiger partial charge on any atom is -0.469 e. The molecule has 3 aromatic rings. The van der Waals surface area contributed by atoms with E-state index in [1.54, 1.807) is 10.7 Å². The number of nitrogens with zero attached hydrogens (tertiary/aromatic N) is 3. The number of furan rings is 1. The van der Waals surface area contributed by atoms with Crippen LogP contribution in [-0.2, 0) is 4.79 Å². The Morgan fingerprint density at radius 3 is 3.10 bits per heavy atom. The molecule has 0 radical (unpaired) electrons. The highest BCUT2D eigenvalue weighted by atomic mass is 16.3. The third kappa shape index (κ3) is 1.77. The van der Waals surface area contributed by atoms with Gasteiger partial charge < -0.3 is 4.42 Å². The monoisotopic (exact) mass is 268 g/mol. The summed E-state index contributed by atoms with van der Waals surface area (Å²) in [5.74, 6) is 1.43. The molecule has 0 aromatic carbocycles. The quantitative estimate of drug-likeness (QED) is 0.789. The maximum atomic E-state index is 12.2. The standard InChI is InChI=1S/C14H12N4O2/c19-13(10-8-9(10)11-4-3-7-20-11)15-14-17-16-12-5-1-2-6-18(12)14/h1-7,9-10H,8H2,(H,15,17,19). The highest BCUT2D eigenvalue weighted by Crippen LogP contribution is 2.48. The molecule has 4 rings (SSSR count). The molecule has 0 bridgehead atoms. The van der Waals surface area contributed by atoms with Gasteiger partial charge >= 0.3 is 0 Å². The van der Waals surface area contributed by atoms with Crippen molar-refractivity contribution in [2.75, 3.05) is 5.32 Å². The van der Waals surface area contributed by atoms with E-state index >= 15 is 0 Å². The van der Waals surface area contributed by atoms with Crippen LogP contribution in [0.25, 0.3) is 5.65 Å². The van der Waals surface area contributed by atoms with Crippen LogP contribution in [-0.4, -0.2) is 20.5 Å². The summed E-state index contributed by atoms with van der Waals surface area (Å²) in [6, 6.07) is 9.34. The molecule has 3 aromatic heterocycles. The van der Waals surface area contributed by atoms with Gasteiger partial charge in [0.15, 0.2) is 5.65 Å². The van der Waals surface area contributed by atoms with Gasteiger partial charge in [0.1, 0.15) is 5.76 Å². The van der Waals surface area contributed by atoms with Crippen molar-refractivity contribution in [1.29, 1.82) is 0 Å². The molecular weight excluding hydrogens is 256 g/mol. The SMILES string of the molecule is O=C(Nc1nnc2ccccn12)C1CC1c1ccco1. The zero-order valence-electron chi connectivity index (χ0n) is 10.6. The maximum absolute atomic E-state index is 12.2. The van der Waals surface area contributed by atoms with Gasteiger partial charge in [0.2, 0.25) is 11.9 Å². The summed E-state index contributed by atoms with van der Waals surface area (Å²) in [5, 5.41) is 10.8. The number of hydrogen-bond donors (Lipinski definition) is 1. The predicted molar refractivity (Wildman–Crippen MR) is 71.2 cm³/mol. The lowest BCUT2D eigenvalue weighted by Gasteiger charge is -2.02. The van der Waals surface area contributed by atoms with Crippen LogP contribution in [0.4, 0.5) is 5.95 Å². The summed E-state index contributed by atoms with van der Waals surface area (Å²) in [6.45, 7) is 0. The smallest absolute Gasteiger partial charge is 0.235 e. The highest BCUT2D eigenvalue weighted by molar-refractivity contribution is 5.94. The van der Waals surface area contributed by atoms with E-state index in [1.807, 2.05) is 36.5 Å². The van der Waals surface area contributed by atoms with Gasteiger partial charge in [0.25, 0.3) is 0 Å². The van der Waals surface area contributed by atoms with Crippen molar-refractivity contribution in [3.05, 3.63) is 48.6 Å². The van der Waals surface area contributed by atoms with Gasteiger partial charge in [-0.3, -0.25) is 14.5 Å². The number of nitrogens with one attached hydrogen (secondary N) is 1. The summed E-state index contributed by atoms with van der Waals surface area (Å²) in [6.07, 6.45) is 4.27. The zero-order chi connectivity index (χ0) is 13.5. The fourth-order valence-corrected chi connectivity index (χ4v) is 2.43. The van der Waals surface area contributed by atoms with E-state index in [9.17, 15) is 4.79 Å². The second kappa shape index (κ2) is 4.19. The Hall–Kier alpha value is -2.63. The third-order valence-electron chi connectivity index (χ3n) is 3.58. The number of anilines is 1. The summed E-state index contributed by atoms with van der Waals surface area (Å²) >= 11 is 0. The van der Waals surface area contributed by atoms with Crippen molar-refractivity contribution in [1.82, 2.24) is 14.6 Å². The molecule has 20 heavy (non-hydrogen) atoms. The van der Waals surface area contributed by atoms with Gasteiger partial charge in [0.05, 0.1) is 6.26 Å². The molecular formula is C14H12N4O2. The zero-order valence-corrected chi connectivity index (χ0v) is 10.6. The fourth-order valence-electron chi connectivity index (χ4n) is 2.43. The minimum absolute atomic E-state index is 0.0375. The number of carbonyl (C=O) groups excluding carboxylic acids is 1. The topological polar surface area (TPSA) is 72.4 Å². The van der Waals surface area contributed by atoms with Crippen molar-refractivity contribution in [3.63, 3.8) is 0 Å². The molecule has 0 aliphatic heterocycles. The van der Waals surface area contributed by atoms with Crippen molar-refractivity contribution in [2.24, 2.45) is 5.92 Å². The summed E-state index contributed by atoms with van der Waals surface area (Å²) in [5.41, 5.74) is 0.709. The Morgan fingerprint density at radius 1 is 1.30 bits per heavy atom. The number of pyridine rings is 1. The molecule has 0 saturated heterocycles. The van der Waals surface area contributed by atoms with Crippen LogP contribution in [0.5, 0.6) is 0 Å². The summed E-state index contributed by atoms with van der Waals surface area (Å²) < 4.78 is 7.08. The van der Waals surface area contributed by atoms with E-state index in [1.165, 1.54) is 0 Å². The molecule has 6 heteroatoms. The van der Waals surface area contributed by atoms with Crippen LogP contribution in [0.3, 0.4) is 0 Å². The van der Waals surface area contributed by atoms with Gasteiger partial charge in [-0.05, 0) is 30.7 Å². The lowest BCUT2D eigenvalue weighted by Crippen LogP contribution is -2.16. The highest BCUT2D eigenvalue weighted by Gasteiger charge is 2.46. The molecule has 6 nitrogen and oxygen atoms in total. The van der Waals surface area contributed by atoms with Crippen LogP contribution in [0.1, 0.15) is 18.1 Å². The van der Waals surface area contributed by atoms with E-state index in [2.05, 4.69) is 15.5 Å². The van der Waals surface area contributed by atoms with Crippen molar-refractivity contribution < 1.29 is 9.21 Å². The average molecular weight is 268 g/mol. The fraction of sp³-hybridized carbons (Fsp3) is 0.214. The molecule has 1 aliphatic carbocycles. The first kappa shape index (κ1) is 11.2. The van der Waals surface area contributed by atoms with Crippen molar-refractivity contribution >= 4 is 17.5 Å². The van der Waals surface area contributed by atoms with E-state index in [4.69, 9.17) is 4.42 Å². The number of fused-ring (bicyclic) bond motifs is 1. The average Bonchev–Trinajstić information content (AvgIpc) is 2.92. The molecule has 2 atom stereocenters. The molecule has 0 spiro atoms. The van der Waals surface area contributed by atoms with Gasteiger partial charge in [0, 0.05) is 18.0 Å². The molecule has 1 amide bonds. The molecule has 1 saturated carbocycles. The molecule has 1 fully saturated rings. The molecule has 3 heterocycles. The van der Waals surface area contributed by atoms with Gasteiger partial charge in [-0.2, -0.15) is 0 Å². The van der Waals surface area contributed by atoms with Crippen LogP contribution in [0.15, 0.2) is 47.2 Å². The van der Waals surface area contributed by atoms with E-state index in [0.717, 1.165) is 12.2 Å². The first-order valence-electron chi connectivity index (χ1n) is 6.47. The van der Waals surface area contributed by atoms with E-state index in [-0.39, 0.29) is 17.7 Å². The Labute approximate surface area is 114 Å². The number of amides is 1. The number of carbonyl (C=O) groups is 1. The Kier molecular flexibility index (Phi) is 2.35.